The number of hydrogen-bond donors (Lipinski definition) is 0. The van der Waals surface area contributed by atoms with Crippen LogP contribution in [0.1, 0.15) is 5.56 Å². The van der Waals surface area contributed by atoms with Crippen LogP contribution in [-0.2, 0) is 16.6 Å². The monoisotopic (exact) mass is 503 g/mol. The molecule has 1 fully saturated rings. The summed E-state index contributed by atoms with van der Waals surface area (Å²) in [6, 6.07) is 20.1. The van der Waals surface area contributed by atoms with Crippen LogP contribution in [0.5, 0.6) is 0 Å². The number of nitrogens with zero attached hydrogens (tertiary/aromatic N) is 3. The molecule has 3 aromatic carbocycles. The van der Waals surface area contributed by atoms with E-state index in [0.717, 1.165) is 59.9 Å². The fourth-order valence-corrected chi connectivity index (χ4v) is 5.71. The van der Waals surface area contributed by atoms with Crippen LogP contribution in [0.2, 0.25) is 0 Å². The van der Waals surface area contributed by atoms with E-state index >= 15 is 0 Å². The average molecular weight is 504 g/mol. The largest absolute Gasteiger partial charge is 0.369 e. The van der Waals surface area contributed by atoms with E-state index < -0.39 is 26.6 Å². The highest BCUT2D eigenvalue weighted by molar-refractivity contribution is 7.90. The molecule has 0 radical (unpaired) electrons. The van der Waals surface area contributed by atoms with E-state index in [2.05, 4.69) is 34.1 Å². The Labute approximate surface area is 203 Å². The van der Waals surface area contributed by atoms with Gasteiger partial charge in [0.25, 0.3) is 10.0 Å². The molecule has 0 amide bonds. The number of aromatic nitrogens is 1. The van der Waals surface area contributed by atoms with Crippen molar-refractivity contribution < 1.29 is 17.2 Å². The molecule has 5 nitrogen and oxygen atoms in total. The molecule has 34 heavy (non-hydrogen) atoms. The van der Waals surface area contributed by atoms with Gasteiger partial charge in [-0.25, -0.2) is 21.2 Å². The van der Waals surface area contributed by atoms with E-state index in [0.29, 0.717) is 11.6 Å². The molecule has 0 spiro atoms. The maximum atomic E-state index is 14.2. The third-order valence-electron chi connectivity index (χ3n) is 6.06. The number of halogens is 3. The smallest absolute Gasteiger partial charge is 0.271 e. The first-order chi connectivity index (χ1) is 15.9. The molecule has 0 atom stereocenters. The first kappa shape index (κ1) is 24.2. The number of benzene rings is 3. The first-order valence-electron chi connectivity index (χ1n) is 10.7. The van der Waals surface area contributed by atoms with Gasteiger partial charge < -0.3 is 4.90 Å². The summed E-state index contributed by atoms with van der Waals surface area (Å²) >= 11 is 0. The van der Waals surface area contributed by atoms with Crippen LogP contribution in [0, 0.1) is 11.6 Å². The van der Waals surface area contributed by atoms with Gasteiger partial charge in [0, 0.05) is 56.1 Å². The van der Waals surface area contributed by atoms with Crippen molar-refractivity contribution in [1.82, 2.24) is 8.87 Å². The summed E-state index contributed by atoms with van der Waals surface area (Å²) in [5, 5.41) is 0.741. The lowest BCUT2D eigenvalue weighted by molar-refractivity contribution is 0.250. The highest BCUT2D eigenvalue weighted by atomic mass is 35.5. The Morgan fingerprint density at radius 2 is 1.56 bits per heavy atom. The Morgan fingerprint density at radius 3 is 2.26 bits per heavy atom. The predicted octanol–water partition coefficient (Wildman–Crippen LogP) is 4.90. The minimum atomic E-state index is -4.19. The second kappa shape index (κ2) is 9.74. The van der Waals surface area contributed by atoms with Crippen molar-refractivity contribution in [3.8, 4) is 0 Å². The zero-order valence-corrected chi connectivity index (χ0v) is 19.9. The van der Waals surface area contributed by atoms with E-state index in [4.69, 9.17) is 0 Å². The van der Waals surface area contributed by atoms with Crippen LogP contribution < -0.4 is 4.90 Å². The first-order valence-corrected chi connectivity index (χ1v) is 12.2. The van der Waals surface area contributed by atoms with E-state index in [9.17, 15) is 17.2 Å². The Bertz CT molecular complexity index is 1400. The highest BCUT2D eigenvalue weighted by Crippen LogP contribution is 2.28. The molecule has 0 unspecified atom stereocenters. The quantitative estimate of drug-likeness (QED) is 0.388. The highest BCUT2D eigenvalue weighted by Gasteiger charge is 2.24. The molecular weight excluding hydrogens is 480 g/mol. The van der Waals surface area contributed by atoms with Crippen molar-refractivity contribution in [2.45, 2.75) is 11.4 Å². The zero-order valence-electron chi connectivity index (χ0n) is 18.3. The molecule has 0 aliphatic carbocycles. The van der Waals surface area contributed by atoms with Gasteiger partial charge in [-0.2, -0.15) is 0 Å². The average Bonchev–Trinajstić information content (AvgIpc) is 3.24. The molecule has 5 rings (SSSR count). The van der Waals surface area contributed by atoms with Crippen molar-refractivity contribution in [2.75, 3.05) is 31.1 Å². The second-order valence-corrected chi connectivity index (χ2v) is 9.97. The van der Waals surface area contributed by atoms with E-state index in [1.54, 1.807) is 12.1 Å². The summed E-state index contributed by atoms with van der Waals surface area (Å²) < 4.78 is 54.4. The van der Waals surface area contributed by atoms with E-state index in [-0.39, 0.29) is 12.4 Å². The predicted molar refractivity (Wildman–Crippen MR) is 132 cm³/mol. The van der Waals surface area contributed by atoms with Crippen LogP contribution in [0.3, 0.4) is 0 Å². The number of rotatable bonds is 5. The molecule has 9 heteroatoms. The standard InChI is InChI=1S/C25H23F2N3O2S.ClH/c26-21-6-9-25(23(27)17-21)33(31,32)30-11-10-20-16-22(7-8-24(20)30)29-14-12-28(13-15-29)18-19-4-2-1-3-5-19;/h1-11,16-17H,12-15,18H2;1H. The minimum Gasteiger partial charge on any atom is -0.369 e. The summed E-state index contributed by atoms with van der Waals surface area (Å²) in [4.78, 5) is 4.15. The van der Waals surface area contributed by atoms with Gasteiger partial charge in [-0.05, 0) is 42.0 Å². The Hall–Kier alpha value is -2.94. The molecule has 1 saturated heterocycles. The van der Waals surface area contributed by atoms with Gasteiger partial charge in [-0.15, -0.1) is 12.4 Å². The molecule has 1 aromatic heterocycles. The molecular formula is C25H24ClF2N3O2S. The van der Waals surface area contributed by atoms with Gasteiger partial charge in [0.1, 0.15) is 16.5 Å². The van der Waals surface area contributed by atoms with E-state index in [1.807, 2.05) is 18.2 Å². The van der Waals surface area contributed by atoms with Crippen molar-refractivity contribution >= 4 is 39.0 Å². The minimum absolute atomic E-state index is 0. The van der Waals surface area contributed by atoms with Gasteiger partial charge >= 0.3 is 0 Å². The lowest BCUT2D eigenvalue weighted by atomic mass is 10.1. The normalized spacial score (nSPS) is 14.8. The van der Waals surface area contributed by atoms with E-state index in [1.165, 1.54) is 11.8 Å². The van der Waals surface area contributed by atoms with Crippen LogP contribution in [0.15, 0.2) is 83.9 Å². The maximum absolute atomic E-state index is 14.2. The molecule has 0 saturated carbocycles. The topological polar surface area (TPSA) is 45.6 Å². The van der Waals surface area contributed by atoms with Gasteiger partial charge in [0.15, 0.2) is 0 Å². The summed E-state index contributed by atoms with van der Waals surface area (Å²) in [6.45, 7) is 4.54. The fourth-order valence-electron chi connectivity index (χ4n) is 4.31. The molecule has 1 aliphatic heterocycles. The van der Waals surface area contributed by atoms with Crippen LogP contribution in [0.4, 0.5) is 14.5 Å². The molecule has 178 valence electrons. The van der Waals surface area contributed by atoms with Gasteiger partial charge in [-0.3, -0.25) is 4.90 Å². The molecule has 2 heterocycles. The molecule has 0 N–H and O–H groups in total. The summed E-state index contributed by atoms with van der Waals surface area (Å²) in [5.74, 6) is -1.93. The third kappa shape index (κ3) is 4.66. The van der Waals surface area contributed by atoms with Gasteiger partial charge in [0.2, 0.25) is 0 Å². The van der Waals surface area contributed by atoms with Crippen molar-refractivity contribution in [3.63, 3.8) is 0 Å². The third-order valence-corrected chi connectivity index (χ3v) is 7.78. The summed E-state index contributed by atoms with van der Waals surface area (Å²) in [6.07, 6.45) is 1.41. The van der Waals surface area contributed by atoms with Gasteiger partial charge in [-0.1, -0.05) is 30.3 Å². The van der Waals surface area contributed by atoms with Crippen molar-refractivity contribution in [2.24, 2.45) is 0 Å². The van der Waals surface area contributed by atoms with Crippen molar-refractivity contribution in [3.05, 3.63) is 96.2 Å². The Morgan fingerprint density at radius 1 is 0.824 bits per heavy atom. The molecule has 4 aromatic rings. The Kier molecular flexibility index (Phi) is 6.93. The molecule has 1 aliphatic rings. The van der Waals surface area contributed by atoms with Crippen molar-refractivity contribution in [1.29, 1.82) is 0 Å². The van der Waals surface area contributed by atoms with Crippen LogP contribution in [0.25, 0.3) is 10.9 Å². The SMILES string of the molecule is Cl.O=S(=O)(c1ccc(F)cc1F)n1ccc2cc(N3CCN(Cc4ccccc4)CC3)ccc21. The zero-order chi connectivity index (χ0) is 23.0. The van der Waals surface area contributed by atoms with Crippen LogP contribution in [-0.4, -0.2) is 43.5 Å². The second-order valence-electron chi connectivity index (χ2n) is 8.18. The fraction of sp³-hybridized carbons (Fsp3) is 0.200. The lowest BCUT2D eigenvalue weighted by Gasteiger charge is -2.36. The Balaban J connectivity index is 0.00000274. The number of piperazine rings is 1. The molecule has 0 bridgehead atoms. The van der Waals surface area contributed by atoms with Crippen LogP contribution >= 0.6 is 12.4 Å². The number of hydrogen-bond acceptors (Lipinski definition) is 4. The summed E-state index contributed by atoms with van der Waals surface area (Å²) in [7, 11) is -4.19. The summed E-state index contributed by atoms with van der Waals surface area (Å²) in [5.41, 5.74) is 2.77. The number of anilines is 1. The maximum Gasteiger partial charge on any atom is 0.271 e. The lowest BCUT2D eigenvalue weighted by Crippen LogP contribution is -2.45. The van der Waals surface area contributed by atoms with Gasteiger partial charge in [0.05, 0.1) is 5.52 Å². The number of fused-ring (bicyclic) bond motifs is 1.